The van der Waals surface area contributed by atoms with Crippen molar-refractivity contribution in [3.05, 3.63) is 0 Å². The van der Waals surface area contributed by atoms with Crippen LogP contribution in [-0.4, -0.2) is 59.0 Å². The van der Waals surface area contributed by atoms with E-state index >= 15 is 0 Å². The number of β-amino-alcohol motifs (C(OH)–C–C–N with tert-alkyl or cyclic N) is 1. The maximum Gasteiger partial charge on any atom is 0.325 e. The number of aliphatic hydroxyl groups is 2. The Bertz CT molecular complexity index is 267. The first-order chi connectivity index (χ1) is 7.35. The third-order valence-corrected chi connectivity index (χ3v) is 3.29. The van der Waals surface area contributed by atoms with E-state index in [1.54, 1.807) is 6.92 Å². The van der Waals surface area contributed by atoms with Gasteiger partial charge in [0.05, 0.1) is 19.3 Å². The Morgan fingerprint density at radius 2 is 2.25 bits per heavy atom. The van der Waals surface area contributed by atoms with E-state index in [1.807, 2.05) is 11.8 Å². The number of esters is 1. The van der Waals surface area contributed by atoms with Crippen LogP contribution in [0.4, 0.5) is 0 Å². The number of nitrogens with zero attached hydrogens (tertiary/aromatic N) is 1. The predicted octanol–water partition coefficient (Wildman–Crippen LogP) is -0.243. The van der Waals surface area contributed by atoms with Crippen LogP contribution in [0.15, 0.2) is 0 Å². The zero-order chi connectivity index (χ0) is 12.4. The molecule has 0 bridgehead atoms. The lowest BCUT2D eigenvalue weighted by Crippen LogP contribution is -2.54. The Hall–Kier alpha value is -0.650. The summed E-state index contributed by atoms with van der Waals surface area (Å²) in [6, 6.07) is 0. The van der Waals surface area contributed by atoms with Gasteiger partial charge in [0.2, 0.25) is 0 Å². The van der Waals surface area contributed by atoms with Crippen LogP contribution in [0.3, 0.4) is 0 Å². The Balaban J connectivity index is 2.76. The van der Waals surface area contributed by atoms with Gasteiger partial charge in [0.1, 0.15) is 5.54 Å². The molecular formula is C11H21NO4. The molecule has 0 saturated carbocycles. The van der Waals surface area contributed by atoms with Crippen molar-refractivity contribution >= 4 is 5.97 Å². The van der Waals surface area contributed by atoms with Gasteiger partial charge in [-0.25, -0.2) is 0 Å². The topological polar surface area (TPSA) is 70.0 Å². The smallest absolute Gasteiger partial charge is 0.325 e. The minimum absolute atomic E-state index is 0.273. The third kappa shape index (κ3) is 2.53. The number of methoxy groups -OCH3 is 1. The van der Waals surface area contributed by atoms with E-state index in [9.17, 15) is 9.90 Å². The third-order valence-electron chi connectivity index (χ3n) is 3.29. The molecule has 1 unspecified atom stereocenters. The summed E-state index contributed by atoms with van der Waals surface area (Å²) in [5.41, 5.74) is -1.85. The normalized spacial score (nSPS) is 30.1. The van der Waals surface area contributed by atoms with Crippen LogP contribution in [0.25, 0.3) is 0 Å². The largest absolute Gasteiger partial charge is 0.468 e. The highest BCUT2D eigenvalue weighted by atomic mass is 16.5. The van der Waals surface area contributed by atoms with Crippen molar-refractivity contribution in [2.24, 2.45) is 0 Å². The van der Waals surface area contributed by atoms with Gasteiger partial charge in [0, 0.05) is 6.54 Å². The molecule has 1 aliphatic heterocycles. The van der Waals surface area contributed by atoms with Crippen LogP contribution in [-0.2, 0) is 9.53 Å². The van der Waals surface area contributed by atoms with E-state index < -0.39 is 11.1 Å². The first-order valence-electron chi connectivity index (χ1n) is 5.52. The Labute approximate surface area is 96.0 Å². The van der Waals surface area contributed by atoms with Crippen LogP contribution in [0.1, 0.15) is 26.7 Å². The molecule has 1 saturated heterocycles. The maximum atomic E-state index is 11.7. The molecule has 2 N–H and O–H groups in total. The highest BCUT2D eigenvalue weighted by Gasteiger charge is 2.46. The molecule has 2 atom stereocenters. The summed E-state index contributed by atoms with van der Waals surface area (Å²) in [5, 5.41) is 18.9. The van der Waals surface area contributed by atoms with Gasteiger partial charge in [0.25, 0.3) is 0 Å². The SMILES string of the molecule is COC(=O)[C@@]1(C)CCCN1CC(C)(O)CO. The Morgan fingerprint density at radius 3 is 2.75 bits per heavy atom. The Morgan fingerprint density at radius 1 is 1.62 bits per heavy atom. The van der Waals surface area contributed by atoms with Gasteiger partial charge in [-0.15, -0.1) is 0 Å². The minimum atomic E-state index is -1.18. The van der Waals surface area contributed by atoms with Gasteiger partial charge in [-0.1, -0.05) is 0 Å². The van der Waals surface area contributed by atoms with Crippen molar-refractivity contribution in [1.82, 2.24) is 4.90 Å². The summed E-state index contributed by atoms with van der Waals surface area (Å²) in [6.45, 7) is 4.07. The van der Waals surface area contributed by atoms with Crippen molar-refractivity contribution in [3.8, 4) is 0 Å². The van der Waals surface area contributed by atoms with Crippen molar-refractivity contribution in [1.29, 1.82) is 0 Å². The molecule has 0 aliphatic carbocycles. The predicted molar refractivity (Wildman–Crippen MR) is 58.9 cm³/mol. The molecule has 0 spiro atoms. The summed E-state index contributed by atoms with van der Waals surface area (Å²) in [6.07, 6.45) is 1.62. The molecule has 0 aromatic rings. The number of hydrogen-bond acceptors (Lipinski definition) is 5. The molecule has 0 aromatic carbocycles. The molecule has 1 rings (SSSR count). The first kappa shape index (κ1) is 13.4. The van der Waals surface area contributed by atoms with E-state index in [0.717, 1.165) is 19.4 Å². The molecule has 1 fully saturated rings. The van der Waals surface area contributed by atoms with Gasteiger partial charge in [-0.05, 0) is 33.2 Å². The van der Waals surface area contributed by atoms with Gasteiger partial charge in [-0.2, -0.15) is 0 Å². The molecule has 0 radical (unpaired) electrons. The summed E-state index contributed by atoms with van der Waals surface area (Å²) in [4.78, 5) is 13.6. The minimum Gasteiger partial charge on any atom is -0.468 e. The van der Waals surface area contributed by atoms with E-state index in [-0.39, 0.29) is 19.1 Å². The maximum absolute atomic E-state index is 11.7. The van der Waals surface area contributed by atoms with Crippen LogP contribution in [0.2, 0.25) is 0 Å². The molecule has 1 aliphatic rings. The number of likely N-dealkylation sites (tertiary alicyclic amines) is 1. The number of carbonyl (C=O) groups excluding carboxylic acids is 1. The lowest BCUT2D eigenvalue weighted by atomic mass is 9.97. The van der Waals surface area contributed by atoms with Crippen molar-refractivity contribution in [2.75, 3.05) is 26.8 Å². The second-order valence-corrected chi connectivity index (χ2v) is 4.95. The summed E-state index contributed by atoms with van der Waals surface area (Å²) in [5.74, 6) is -0.279. The van der Waals surface area contributed by atoms with Crippen molar-refractivity contribution in [2.45, 2.75) is 37.8 Å². The number of hydrogen-bond donors (Lipinski definition) is 2. The van der Waals surface area contributed by atoms with Gasteiger partial charge in [-0.3, -0.25) is 9.69 Å². The molecule has 1 heterocycles. The van der Waals surface area contributed by atoms with Gasteiger partial charge >= 0.3 is 5.97 Å². The number of rotatable bonds is 4. The van der Waals surface area contributed by atoms with Crippen LogP contribution in [0.5, 0.6) is 0 Å². The zero-order valence-corrected chi connectivity index (χ0v) is 10.2. The number of carbonyl (C=O) groups is 1. The second-order valence-electron chi connectivity index (χ2n) is 4.95. The molecule has 94 valence electrons. The average molecular weight is 231 g/mol. The van der Waals surface area contributed by atoms with Crippen LogP contribution >= 0.6 is 0 Å². The molecule has 5 nitrogen and oxygen atoms in total. The fraction of sp³-hybridized carbons (Fsp3) is 0.909. The molecule has 0 aromatic heterocycles. The fourth-order valence-corrected chi connectivity index (χ4v) is 2.18. The highest BCUT2D eigenvalue weighted by Crippen LogP contribution is 2.31. The van der Waals surface area contributed by atoms with E-state index in [4.69, 9.17) is 9.84 Å². The quantitative estimate of drug-likeness (QED) is 0.653. The first-order valence-corrected chi connectivity index (χ1v) is 5.52. The van der Waals surface area contributed by atoms with Gasteiger partial charge < -0.3 is 14.9 Å². The second kappa shape index (κ2) is 4.69. The zero-order valence-electron chi connectivity index (χ0n) is 10.2. The van der Waals surface area contributed by atoms with E-state index in [0.29, 0.717) is 0 Å². The van der Waals surface area contributed by atoms with Gasteiger partial charge in [0.15, 0.2) is 0 Å². The van der Waals surface area contributed by atoms with Crippen LogP contribution in [0, 0.1) is 0 Å². The fourth-order valence-electron chi connectivity index (χ4n) is 2.18. The van der Waals surface area contributed by atoms with Crippen molar-refractivity contribution in [3.63, 3.8) is 0 Å². The molecule has 5 heteroatoms. The highest BCUT2D eigenvalue weighted by molar-refractivity contribution is 5.80. The Kier molecular flexibility index (Phi) is 3.93. The lowest BCUT2D eigenvalue weighted by Gasteiger charge is -2.36. The van der Waals surface area contributed by atoms with Crippen molar-refractivity contribution < 1.29 is 19.7 Å². The monoisotopic (exact) mass is 231 g/mol. The molecular weight excluding hydrogens is 210 g/mol. The average Bonchev–Trinajstić information content (AvgIpc) is 2.60. The van der Waals surface area contributed by atoms with E-state index in [2.05, 4.69) is 0 Å². The summed E-state index contributed by atoms with van der Waals surface area (Å²) >= 11 is 0. The van der Waals surface area contributed by atoms with E-state index in [1.165, 1.54) is 7.11 Å². The summed E-state index contributed by atoms with van der Waals surface area (Å²) < 4.78 is 4.79. The molecule has 16 heavy (non-hydrogen) atoms. The lowest BCUT2D eigenvalue weighted by molar-refractivity contribution is -0.154. The number of aliphatic hydroxyl groups excluding tert-OH is 1. The number of ether oxygens (including phenoxy) is 1. The standard InChI is InChI=1S/C11H21NO4/c1-10(15,8-13)7-12-6-4-5-11(12,2)9(14)16-3/h13,15H,4-8H2,1-3H3/t10?,11-/m1/s1. The molecule has 0 amide bonds. The van der Waals surface area contributed by atoms with Crippen LogP contribution < -0.4 is 0 Å². The summed E-state index contributed by atoms with van der Waals surface area (Å²) in [7, 11) is 1.37.